The predicted molar refractivity (Wildman–Crippen MR) is 110 cm³/mol. The predicted octanol–water partition coefficient (Wildman–Crippen LogP) is 4.70. The van der Waals surface area contributed by atoms with Gasteiger partial charge >= 0.3 is 0 Å². The van der Waals surface area contributed by atoms with Crippen molar-refractivity contribution in [2.24, 2.45) is 11.8 Å². The molecule has 4 nitrogen and oxygen atoms in total. The standard InChI is InChI=1S/C23H32N2O2/c1-15(2)18-11-7-8-16(3)21(18)25-23(27)20-14-19(20)22(26)24-13-12-17-9-5-4-6-10-17/h7-9,11,15,19-20H,4-6,10,12-14H2,1-3H3,(H,24,26)(H,25,27). The lowest BCUT2D eigenvalue weighted by atomic mass is 9.97. The maximum atomic E-state index is 12.6. The summed E-state index contributed by atoms with van der Waals surface area (Å²) in [5.74, 6) is -0.0234. The highest BCUT2D eigenvalue weighted by Crippen LogP contribution is 2.40. The van der Waals surface area contributed by atoms with Crippen LogP contribution in [0.2, 0.25) is 0 Å². The molecular weight excluding hydrogens is 336 g/mol. The second-order valence-corrected chi connectivity index (χ2v) is 8.28. The molecule has 1 saturated carbocycles. The van der Waals surface area contributed by atoms with Gasteiger partial charge in [0.05, 0.1) is 11.8 Å². The Hall–Kier alpha value is -2.10. The Labute approximate surface area is 162 Å². The van der Waals surface area contributed by atoms with Gasteiger partial charge in [-0.3, -0.25) is 9.59 Å². The second-order valence-electron chi connectivity index (χ2n) is 8.28. The normalized spacial score (nSPS) is 21.6. The number of carbonyl (C=O) groups is 2. The smallest absolute Gasteiger partial charge is 0.228 e. The van der Waals surface area contributed by atoms with Gasteiger partial charge in [0.2, 0.25) is 11.8 Å². The molecule has 2 aliphatic rings. The van der Waals surface area contributed by atoms with Crippen LogP contribution in [0.15, 0.2) is 29.8 Å². The number of hydrogen-bond acceptors (Lipinski definition) is 2. The molecule has 0 aliphatic heterocycles. The highest BCUT2D eigenvalue weighted by atomic mass is 16.2. The third-order valence-corrected chi connectivity index (χ3v) is 5.77. The van der Waals surface area contributed by atoms with Crippen LogP contribution in [-0.2, 0) is 9.59 Å². The van der Waals surface area contributed by atoms with Gasteiger partial charge in [-0.2, -0.15) is 0 Å². The fourth-order valence-electron chi connectivity index (χ4n) is 3.94. The van der Waals surface area contributed by atoms with E-state index < -0.39 is 0 Å². The molecule has 2 N–H and O–H groups in total. The summed E-state index contributed by atoms with van der Waals surface area (Å²) in [7, 11) is 0. The summed E-state index contributed by atoms with van der Waals surface area (Å²) in [5.41, 5.74) is 4.59. The van der Waals surface area contributed by atoms with E-state index in [1.54, 1.807) is 0 Å². The Balaban J connectivity index is 1.49. The minimum Gasteiger partial charge on any atom is -0.356 e. The number of hydrogen-bond donors (Lipinski definition) is 2. The summed E-state index contributed by atoms with van der Waals surface area (Å²) < 4.78 is 0. The molecule has 1 fully saturated rings. The van der Waals surface area contributed by atoms with E-state index in [4.69, 9.17) is 0 Å². The van der Waals surface area contributed by atoms with E-state index in [1.165, 1.54) is 31.3 Å². The first-order valence-electron chi connectivity index (χ1n) is 10.3. The number of benzene rings is 1. The van der Waals surface area contributed by atoms with Crippen molar-refractivity contribution in [1.82, 2.24) is 5.32 Å². The van der Waals surface area contributed by atoms with Gasteiger partial charge in [-0.15, -0.1) is 0 Å². The van der Waals surface area contributed by atoms with Gasteiger partial charge in [-0.25, -0.2) is 0 Å². The van der Waals surface area contributed by atoms with E-state index in [0.29, 0.717) is 18.9 Å². The fourth-order valence-corrected chi connectivity index (χ4v) is 3.94. The zero-order valence-corrected chi connectivity index (χ0v) is 16.8. The molecule has 1 aromatic carbocycles. The molecule has 3 rings (SSSR count). The molecule has 1 aromatic rings. The average molecular weight is 369 g/mol. The molecule has 146 valence electrons. The molecule has 0 saturated heterocycles. The molecule has 0 aromatic heterocycles. The Bertz CT molecular complexity index is 736. The maximum Gasteiger partial charge on any atom is 0.228 e. The van der Waals surface area contributed by atoms with Gasteiger partial charge in [0.1, 0.15) is 0 Å². The quantitative estimate of drug-likeness (QED) is 0.685. The van der Waals surface area contributed by atoms with Crippen molar-refractivity contribution in [1.29, 1.82) is 0 Å². The summed E-state index contributed by atoms with van der Waals surface area (Å²) >= 11 is 0. The highest BCUT2D eigenvalue weighted by Gasteiger charge is 2.48. The molecule has 2 amide bonds. The van der Waals surface area contributed by atoms with E-state index in [2.05, 4.69) is 36.6 Å². The highest BCUT2D eigenvalue weighted by molar-refractivity contribution is 6.00. The van der Waals surface area contributed by atoms with Crippen LogP contribution in [0.5, 0.6) is 0 Å². The molecular formula is C23H32N2O2. The van der Waals surface area contributed by atoms with Gasteiger partial charge in [0.15, 0.2) is 0 Å². The Kier molecular flexibility index (Phi) is 6.35. The summed E-state index contributed by atoms with van der Waals surface area (Å²) in [4.78, 5) is 25.0. The van der Waals surface area contributed by atoms with Crippen molar-refractivity contribution < 1.29 is 9.59 Å². The van der Waals surface area contributed by atoms with Gasteiger partial charge < -0.3 is 10.6 Å². The monoisotopic (exact) mass is 368 g/mol. The maximum absolute atomic E-state index is 12.6. The summed E-state index contributed by atoms with van der Waals surface area (Å²) in [6.45, 7) is 6.95. The van der Waals surface area contributed by atoms with Crippen molar-refractivity contribution in [3.8, 4) is 0 Å². The third kappa shape index (κ3) is 5.00. The molecule has 0 spiro atoms. The van der Waals surface area contributed by atoms with Crippen LogP contribution in [0.3, 0.4) is 0 Å². The molecule has 27 heavy (non-hydrogen) atoms. The number of aryl methyl sites for hydroxylation is 1. The van der Waals surface area contributed by atoms with Gasteiger partial charge in [0.25, 0.3) is 0 Å². The minimum atomic E-state index is -0.196. The van der Waals surface area contributed by atoms with E-state index in [-0.39, 0.29) is 23.7 Å². The van der Waals surface area contributed by atoms with Crippen LogP contribution in [-0.4, -0.2) is 18.4 Å². The number of para-hydroxylation sites is 1. The van der Waals surface area contributed by atoms with E-state index >= 15 is 0 Å². The number of anilines is 1. The largest absolute Gasteiger partial charge is 0.356 e. The van der Waals surface area contributed by atoms with Gasteiger partial charge in [0, 0.05) is 12.2 Å². The average Bonchev–Trinajstić information content (AvgIpc) is 3.45. The Morgan fingerprint density at radius 1 is 1.15 bits per heavy atom. The van der Waals surface area contributed by atoms with Crippen LogP contribution in [0, 0.1) is 18.8 Å². The molecule has 0 radical (unpaired) electrons. The molecule has 2 atom stereocenters. The first-order chi connectivity index (χ1) is 13.0. The van der Waals surface area contributed by atoms with Crippen molar-refractivity contribution in [2.75, 3.05) is 11.9 Å². The van der Waals surface area contributed by atoms with Crippen LogP contribution < -0.4 is 10.6 Å². The number of allylic oxidation sites excluding steroid dienone is 1. The lowest BCUT2D eigenvalue weighted by Crippen LogP contribution is -2.28. The molecule has 4 heteroatoms. The van der Waals surface area contributed by atoms with E-state index in [9.17, 15) is 9.59 Å². The van der Waals surface area contributed by atoms with E-state index in [0.717, 1.165) is 23.2 Å². The topological polar surface area (TPSA) is 58.2 Å². The Morgan fingerprint density at radius 2 is 1.93 bits per heavy atom. The van der Waals surface area contributed by atoms with Crippen molar-refractivity contribution in [3.05, 3.63) is 41.0 Å². The number of nitrogens with one attached hydrogen (secondary N) is 2. The summed E-state index contributed by atoms with van der Waals surface area (Å²) in [6.07, 6.45) is 8.80. The van der Waals surface area contributed by atoms with Crippen LogP contribution in [0.1, 0.15) is 69.4 Å². The SMILES string of the molecule is Cc1cccc(C(C)C)c1NC(=O)C1CC1C(=O)NCCC1=CCCCC1. The van der Waals surface area contributed by atoms with Crippen molar-refractivity contribution in [3.63, 3.8) is 0 Å². The Morgan fingerprint density at radius 3 is 2.63 bits per heavy atom. The lowest BCUT2D eigenvalue weighted by Gasteiger charge is -2.16. The van der Waals surface area contributed by atoms with Crippen LogP contribution >= 0.6 is 0 Å². The first kappa shape index (κ1) is 19.7. The van der Waals surface area contributed by atoms with E-state index in [1.807, 2.05) is 19.1 Å². The molecule has 2 aliphatic carbocycles. The van der Waals surface area contributed by atoms with Crippen LogP contribution in [0.4, 0.5) is 5.69 Å². The number of carbonyl (C=O) groups excluding carboxylic acids is 2. The molecule has 0 heterocycles. The number of rotatable bonds is 7. The third-order valence-electron chi connectivity index (χ3n) is 5.77. The zero-order valence-electron chi connectivity index (χ0n) is 16.8. The fraction of sp³-hybridized carbons (Fsp3) is 0.565. The van der Waals surface area contributed by atoms with Crippen molar-refractivity contribution >= 4 is 17.5 Å². The van der Waals surface area contributed by atoms with Gasteiger partial charge in [-0.05, 0) is 62.5 Å². The summed E-state index contributed by atoms with van der Waals surface area (Å²) in [5, 5.41) is 6.11. The zero-order chi connectivity index (χ0) is 19.4. The second kappa shape index (κ2) is 8.73. The number of amides is 2. The summed E-state index contributed by atoms with van der Waals surface area (Å²) in [6, 6.07) is 6.10. The molecule has 0 bridgehead atoms. The van der Waals surface area contributed by atoms with Crippen LogP contribution in [0.25, 0.3) is 0 Å². The minimum absolute atomic E-state index is 0.0265. The van der Waals surface area contributed by atoms with Gasteiger partial charge in [-0.1, -0.05) is 43.7 Å². The first-order valence-corrected chi connectivity index (χ1v) is 10.3. The lowest BCUT2D eigenvalue weighted by molar-refractivity contribution is -0.125. The molecule has 2 unspecified atom stereocenters. The van der Waals surface area contributed by atoms with Crippen molar-refractivity contribution in [2.45, 2.75) is 65.2 Å².